The Morgan fingerprint density at radius 2 is 2.04 bits per heavy atom. The van der Waals surface area contributed by atoms with Gasteiger partial charge in [-0.05, 0) is 41.8 Å². The molecule has 0 saturated heterocycles. The fraction of sp³-hybridized carbons (Fsp3) is 0.333. The van der Waals surface area contributed by atoms with Crippen LogP contribution in [0.25, 0.3) is 0 Å². The van der Waals surface area contributed by atoms with Gasteiger partial charge in [0.1, 0.15) is 5.75 Å². The van der Waals surface area contributed by atoms with E-state index in [-0.39, 0.29) is 0 Å². The van der Waals surface area contributed by atoms with Crippen LogP contribution in [0.3, 0.4) is 0 Å². The first kappa shape index (κ1) is 16.6. The van der Waals surface area contributed by atoms with Gasteiger partial charge in [0.2, 0.25) is 0 Å². The molecule has 24 heavy (non-hydrogen) atoms. The molecule has 3 rings (SSSR count). The summed E-state index contributed by atoms with van der Waals surface area (Å²) in [7, 11) is 1.67. The number of aliphatic hydroxyl groups excluding tert-OH is 1. The predicted octanol–water partition coefficient (Wildman–Crippen LogP) is 3.03. The molecule has 1 heterocycles. The zero-order chi connectivity index (χ0) is 16.8. The SMILES string of the molecule is COc1ccc2c(c1)CCN(CCC#Cc1ccccc1)CC2O. The van der Waals surface area contributed by atoms with Gasteiger partial charge >= 0.3 is 0 Å². The quantitative estimate of drug-likeness (QED) is 0.882. The first-order chi connectivity index (χ1) is 11.8. The topological polar surface area (TPSA) is 32.7 Å². The third-order valence-corrected chi connectivity index (χ3v) is 4.40. The van der Waals surface area contributed by atoms with E-state index < -0.39 is 6.10 Å². The molecule has 1 aliphatic rings. The number of nitrogens with zero attached hydrogens (tertiary/aromatic N) is 1. The molecule has 0 bridgehead atoms. The van der Waals surface area contributed by atoms with E-state index in [1.54, 1.807) is 7.11 Å². The molecule has 3 nitrogen and oxygen atoms in total. The lowest BCUT2D eigenvalue weighted by molar-refractivity contribution is 0.121. The Kier molecular flexibility index (Phi) is 5.53. The van der Waals surface area contributed by atoms with Crippen molar-refractivity contribution in [3.8, 4) is 17.6 Å². The monoisotopic (exact) mass is 321 g/mol. The van der Waals surface area contributed by atoms with Crippen molar-refractivity contribution in [3.63, 3.8) is 0 Å². The predicted molar refractivity (Wildman–Crippen MR) is 96.0 cm³/mol. The molecule has 1 unspecified atom stereocenters. The van der Waals surface area contributed by atoms with Crippen molar-refractivity contribution in [2.45, 2.75) is 18.9 Å². The molecule has 1 atom stereocenters. The standard InChI is InChI=1S/C21H23NO2/c1-24-19-10-11-20-18(15-19)12-14-22(16-21(20)23)13-6-5-9-17-7-3-2-4-8-17/h2-4,7-8,10-11,15,21,23H,6,12-14,16H2,1H3. The van der Waals surface area contributed by atoms with Crippen molar-refractivity contribution in [3.05, 3.63) is 65.2 Å². The van der Waals surface area contributed by atoms with Gasteiger partial charge < -0.3 is 9.84 Å². The summed E-state index contributed by atoms with van der Waals surface area (Å²) >= 11 is 0. The molecule has 2 aromatic carbocycles. The largest absolute Gasteiger partial charge is 0.497 e. The number of aliphatic hydroxyl groups is 1. The summed E-state index contributed by atoms with van der Waals surface area (Å²) in [6.07, 6.45) is 1.28. The Morgan fingerprint density at radius 1 is 1.21 bits per heavy atom. The fourth-order valence-electron chi connectivity index (χ4n) is 3.07. The van der Waals surface area contributed by atoms with Crippen molar-refractivity contribution in [1.82, 2.24) is 4.90 Å². The normalized spacial score (nSPS) is 17.3. The van der Waals surface area contributed by atoms with E-state index in [9.17, 15) is 5.11 Å². The summed E-state index contributed by atoms with van der Waals surface area (Å²) in [6, 6.07) is 16.0. The van der Waals surface area contributed by atoms with Crippen LogP contribution in [0, 0.1) is 11.8 Å². The first-order valence-corrected chi connectivity index (χ1v) is 8.37. The molecule has 0 fully saturated rings. The van der Waals surface area contributed by atoms with Crippen LogP contribution in [0.15, 0.2) is 48.5 Å². The Balaban J connectivity index is 1.59. The molecule has 0 aromatic heterocycles. The second kappa shape index (κ2) is 8.01. The zero-order valence-corrected chi connectivity index (χ0v) is 14.0. The van der Waals surface area contributed by atoms with Crippen LogP contribution in [0.5, 0.6) is 5.75 Å². The van der Waals surface area contributed by atoms with Crippen molar-refractivity contribution in [2.75, 3.05) is 26.7 Å². The van der Waals surface area contributed by atoms with Gasteiger partial charge in [0.05, 0.1) is 13.2 Å². The summed E-state index contributed by atoms with van der Waals surface area (Å²) in [4.78, 5) is 2.29. The van der Waals surface area contributed by atoms with Crippen LogP contribution in [0.2, 0.25) is 0 Å². The van der Waals surface area contributed by atoms with Gasteiger partial charge in [-0.3, -0.25) is 4.90 Å². The Morgan fingerprint density at radius 3 is 2.83 bits per heavy atom. The van der Waals surface area contributed by atoms with Gasteiger partial charge in [-0.25, -0.2) is 0 Å². The molecule has 0 aliphatic carbocycles. The van der Waals surface area contributed by atoms with E-state index in [0.29, 0.717) is 6.54 Å². The average Bonchev–Trinajstić information content (AvgIpc) is 2.78. The second-order valence-electron chi connectivity index (χ2n) is 6.05. The van der Waals surface area contributed by atoms with Crippen LogP contribution in [-0.2, 0) is 6.42 Å². The number of hydrogen-bond acceptors (Lipinski definition) is 3. The van der Waals surface area contributed by atoms with Crippen LogP contribution in [0.4, 0.5) is 0 Å². The molecule has 1 N–H and O–H groups in total. The number of ether oxygens (including phenoxy) is 1. The molecule has 0 spiro atoms. The van der Waals surface area contributed by atoms with E-state index in [2.05, 4.69) is 16.7 Å². The van der Waals surface area contributed by atoms with Gasteiger partial charge in [-0.1, -0.05) is 36.1 Å². The Bertz CT molecular complexity index is 730. The highest BCUT2D eigenvalue weighted by atomic mass is 16.5. The van der Waals surface area contributed by atoms with E-state index in [1.165, 1.54) is 5.56 Å². The first-order valence-electron chi connectivity index (χ1n) is 8.37. The van der Waals surface area contributed by atoms with Crippen molar-refractivity contribution in [1.29, 1.82) is 0 Å². The molecule has 0 saturated carbocycles. The molecule has 124 valence electrons. The molecular weight excluding hydrogens is 298 g/mol. The average molecular weight is 321 g/mol. The second-order valence-corrected chi connectivity index (χ2v) is 6.05. The molecule has 0 amide bonds. The van der Waals surface area contributed by atoms with E-state index in [1.807, 2.05) is 48.5 Å². The maximum Gasteiger partial charge on any atom is 0.119 e. The maximum absolute atomic E-state index is 10.5. The minimum Gasteiger partial charge on any atom is -0.497 e. The van der Waals surface area contributed by atoms with Crippen molar-refractivity contribution >= 4 is 0 Å². The minimum absolute atomic E-state index is 0.449. The lowest BCUT2D eigenvalue weighted by Gasteiger charge is -2.20. The van der Waals surface area contributed by atoms with Gasteiger partial charge in [0, 0.05) is 31.6 Å². The molecule has 1 aliphatic heterocycles. The Hall–Kier alpha value is -2.28. The summed E-state index contributed by atoms with van der Waals surface area (Å²) < 4.78 is 5.29. The third kappa shape index (κ3) is 4.17. The van der Waals surface area contributed by atoms with Crippen molar-refractivity contribution in [2.24, 2.45) is 0 Å². The van der Waals surface area contributed by atoms with Gasteiger partial charge in [0.25, 0.3) is 0 Å². The van der Waals surface area contributed by atoms with Gasteiger partial charge in [0.15, 0.2) is 0 Å². The molecule has 2 aromatic rings. The highest BCUT2D eigenvalue weighted by molar-refractivity contribution is 5.38. The number of benzene rings is 2. The highest BCUT2D eigenvalue weighted by Gasteiger charge is 2.21. The van der Waals surface area contributed by atoms with Crippen LogP contribution >= 0.6 is 0 Å². The van der Waals surface area contributed by atoms with Crippen molar-refractivity contribution < 1.29 is 9.84 Å². The minimum atomic E-state index is -0.449. The number of β-amino-alcohol motifs (C(OH)–C–C–N with tert-alkyl or cyclic N) is 1. The van der Waals surface area contributed by atoms with Crippen LogP contribution < -0.4 is 4.74 Å². The molecule has 0 radical (unpaired) electrons. The molecular formula is C21H23NO2. The van der Waals surface area contributed by atoms with Gasteiger partial charge in [-0.15, -0.1) is 0 Å². The number of rotatable bonds is 3. The van der Waals surface area contributed by atoms with Crippen LogP contribution in [0.1, 0.15) is 29.2 Å². The maximum atomic E-state index is 10.5. The summed E-state index contributed by atoms with van der Waals surface area (Å²) in [5, 5.41) is 10.5. The fourth-order valence-corrected chi connectivity index (χ4v) is 3.07. The Labute approximate surface area is 143 Å². The highest BCUT2D eigenvalue weighted by Crippen LogP contribution is 2.27. The summed E-state index contributed by atoms with van der Waals surface area (Å²) in [5.41, 5.74) is 3.25. The zero-order valence-electron chi connectivity index (χ0n) is 14.0. The smallest absolute Gasteiger partial charge is 0.119 e. The van der Waals surface area contributed by atoms with Gasteiger partial charge in [-0.2, -0.15) is 0 Å². The van der Waals surface area contributed by atoms with E-state index in [4.69, 9.17) is 4.74 Å². The molecule has 3 heteroatoms. The number of fused-ring (bicyclic) bond motifs is 1. The third-order valence-electron chi connectivity index (χ3n) is 4.40. The van der Waals surface area contributed by atoms with E-state index in [0.717, 1.165) is 42.8 Å². The summed E-state index contributed by atoms with van der Waals surface area (Å²) in [5.74, 6) is 7.27. The summed E-state index contributed by atoms with van der Waals surface area (Å²) in [6.45, 7) is 2.47. The lowest BCUT2D eigenvalue weighted by atomic mass is 10.0. The number of hydrogen-bond donors (Lipinski definition) is 1. The number of methoxy groups -OCH3 is 1. The van der Waals surface area contributed by atoms with Crippen LogP contribution in [-0.4, -0.2) is 36.8 Å². The van der Waals surface area contributed by atoms with E-state index >= 15 is 0 Å². The lowest BCUT2D eigenvalue weighted by Crippen LogP contribution is -2.29.